The van der Waals surface area contributed by atoms with Crippen LogP contribution in [0.25, 0.3) is 0 Å². The third-order valence-corrected chi connectivity index (χ3v) is 3.66. The third kappa shape index (κ3) is 4.83. The van der Waals surface area contributed by atoms with Gasteiger partial charge in [-0.3, -0.25) is 4.79 Å². The molecule has 0 aromatic heterocycles. The lowest BCUT2D eigenvalue weighted by atomic mass is 10.2. The van der Waals surface area contributed by atoms with Crippen molar-refractivity contribution in [3.8, 4) is 0 Å². The molecule has 1 nitrogen and oxygen atoms in total. The fraction of sp³-hybridized carbons (Fsp3) is 0.222. The maximum Gasteiger partial charge on any atom is 0.259 e. The van der Waals surface area contributed by atoms with Crippen molar-refractivity contribution in [2.75, 3.05) is 0 Å². The van der Waals surface area contributed by atoms with Gasteiger partial charge in [0, 0.05) is 10.8 Å². The van der Waals surface area contributed by atoms with E-state index >= 15 is 0 Å². The molecule has 0 spiro atoms. The summed E-state index contributed by atoms with van der Waals surface area (Å²) in [5.41, 5.74) is 0.951. The van der Waals surface area contributed by atoms with Crippen LogP contribution >= 0.6 is 58.2 Å². The molecule has 0 aliphatic rings. The first kappa shape index (κ1) is 13.5. The van der Waals surface area contributed by atoms with Gasteiger partial charge in [-0.1, -0.05) is 70.3 Å². The van der Waals surface area contributed by atoms with Gasteiger partial charge in [-0.05, 0) is 17.7 Å². The van der Waals surface area contributed by atoms with Crippen molar-refractivity contribution in [3.05, 3.63) is 34.9 Å². The Morgan fingerprint density at radius 2 is 1.73 bits per heavy atom. The first-order valence-electron chi connectivity index (χ1n) is 3.88. The normalized spacial score (nSPS) is 11.5. The zero-order valence-corrected chi connectivity index (χ0v) is 11.2. The molecule has 0 unspecified atom stereocenters. The molecule has 6 heteroatoms. The number of rotatable bonds is 2. The minimum atomic E-state index is -1.85. The van der Waals surface area contributed by atoms with E-state index in [0.29, 0.717) is 10.8 Å². The Morgan fingerprint density at radius 1 is 1.20 bits per heavy atom. The third-order valence-electron chi connectivity index (χ3n) is 1.51. The molecule has 0 fully saturated rings. The van der Waals surface area contributed by atoms with Crippen LogP contribution in [0.15, 0.2) is 24.3 Å². The second kappa shape index (κ2) is 5.65. The lowest BCUT2D eigenvalue weighted by Gasteiger charge is -2.08. The van der Waals surface area contributed by atoms with Crippen LogP contribution in [-0.4, -0.2) is 8.91 Å². The first-order valence-corrected chi connectivity index (χ1v) is 6.38. The van der Waals surface area contributed by atoms with Gasteiger partial charge in [0.25, 0.3) is 3.79 Å². The Kier molecular flexibility index (Phi) is 5.07. The van der Waals surface area contributed by atoms with E-state index < -0.39 is 8.91 Å². The van der Waals surface area contributed by atoms with Crippen molar-refractivity contribution in [1.82, 2.24) is 0 Å². The standard InChI is InChI=1S/C9H6Cl4OS/c10-7-3-1-6(2-4-7)5-15-8(14)9(11,12)13/h1-4H,5H2. The first-order chi connectivity index (χ1) is 6.89. The summed E-state index contributed by atoms with van der Waals surface area (Å²) in [5, 5.41) is 0.166. The van der Waals surface area contributed by atoms with Crippen LogP contribution in [-0.2, 0) is 10.5 Å². The predicted octanol–water partition coefficient (Wildman–Crippen LogP) is 4.47. The molecule has 1 aromatic rings. The summed E-state index contributed by atoms with van der Waals surface area (Å²) in [6, 6.07) is 7.14. The van der Waals surface area contributed by atoms with Crippen LogP contribution in [0.1, 0.15) is 5.56 Å². The topological polar surface area (TPSA) is 17.1 Å². The molecular weight excluding hydrogens is 298 g/mol. The van der Waals surface area contributed by atoms with Gasteiger partial charge in [0.2, 0.25) is 5.12 Å². The van der Waals surface area contributed by atoms with Crippen LogP contribution in [0.5, 0.6) is 0 Å². The van der Waals surface area contributed by atoms with Gasteiger partial charge in [0.1, 0.15) is 0 Å². The highest BCUT2D eigenvalue weighted by molar-refractivity contribution is 8.13. The summed E-state index contributed by atoms with van der Waals surface area (Å²) >= 11 is 22.9. The van der Waals surface area contributed by atoms with Crippen molar-refractivity contribution >= 4 is 63.3 Å². The summed E-state index contributed by atoms with van der Waals surface area (Å²) < 4.78 is -1.85. The maximum absolute atomic E-state index is 11.2. The van der Waals surface area contributed by atoms with Crippen molar-refractivity contribution in [1.29, 1.82) is 0 Å². The molecule has 0 aliphatic carbocycles. The summed E-state index contributed by atoms with van der Waals surface area (Å²) in [5.74, 6) is 0.462. The lowest BCUT2D eigenvalue weighted by molar-refractivity contribution is -0.110. The van der Waals surface area contributed by atoms with Crippen molar-refractivity contribution in [3.63, 3.8) is 0 Å². The molecule has 0 saturated carbocycles. The van der Waals surface area contributed by atoms with Gasteiger partial charge in [-0.2, -0.15) is 0 Å². The number of carbonyl (C=O) groups excluding carboxylic acids is 1. The van der Waals surface area contributed by atoms with Crippen LogP contribution in [0.2, 0.25) is 5.02 Å². The number of thioether (sulfide) groups is 1. The highest BCUT2D eigenvalue weighted by Crippen LogP contribution is 2.33. The van der Waals surface area contributed by atoms with E-state index in [-0.39, 0.29) is 0 Å². The van der Waals surface area contributed by atoms with Crippen LogP contribution in [0.3, 0.4) is 0 Å². The summed E-state index contributed by atoms with van der Waals surface area (Å²) in [7, 11) is 0. The molecule has 15 heavy (non-hydrogen) atoms. The molecule has 0 radical (unpaired) electrons. The average Bonchev–Trinajstić information content (AvgIpc) is 2.15. The Hall–Kier alpha value is 0.400. The monoisotopic (exact) mass is 302 g/mol. The molecule has 82 valence electrons. The molecule has 0 heterocycles. The Balaban J connectivity index is 2.51. The van der Waals surface area contributed by atoms with Crippen molar-refractivity contribution in [2.24, 2.45) is 0 Å². The van der Waals surface area contributed by atoms with Crippen molar-refractivity contribution < 1.29 is 4.79 Å². The highest BCUT2D eigenvalue weighted by Gasteiger charge is 2.30. The van der Waals surface area contributed by atoms with Crippen LogP contribution in [0, 0.1) is 0 Å². The Morgan fingerprint density at radius 3 is 2.20 bits per heavy atom. The molecule has 0 amide bonds. The minimum Gasteiger partial charge on any atom is -0.282 e. The molecule has 0 N–H and O–H groups in total. The smallest absolute Gasteiger partial charge is 0.259 e. The second-order valence-corrected chi connectivity index (χ2v) is 6.37. The Labute approximate surface area is 112 Å². The molecule has 0 atom stereocenters. The number of hydrogen-bond acceptors (Lipinski definition) is 2. The molecule has 0 bridgehead atoms. The van der Waals surface area contributed by atoms with Gasteiger partial charge >= 0.3 is 0 Å². The largest absolute Gasteiger partial charge is 0.282 e. The average molecular weight is 304 g/mol. The lowest BCUT2D eigenvalue weighted by Crippen LogP contribution is -2.14. The zero-order valence-electron chi connectivity index (χ0n) is 7.34. The second-order valence-electron chi connectivity index (χ2n) is 2.70. The number of hydrogen-bond donors (Lipinski definition) is 0. The van der Waals surface area contributed by atoms with E-state index in [2.05, 4.69) is 0 Å². The summed E-state index contributed by atoms with van der Waals surface area (Å²) in [4.78, 5) is 11.2. The number of halogens is 4. The van der Waals surface area contributed by atoms with Gasteiger partial charge < -0.3 is 0 Å². The zero-order chi connectivity index (χ0) is 11.5. The summed E-state index contributed by atoms with van der Waals surface area (Å²) in [6.07, 6.45) is 0. The maximum atomic E-state index is 11.2. The number of alkyl halides is 3. The van der Waals surface area contributed by atoms with Gasteiger partial charge in [0.05, 0.1) is 0 Å². The molecule has 1 rings (SSSR count). The van der Waals surface area contributed by atoms with E-state index in [1.165, 1.54) is 0 Å². The highest BCUT2D eigenvalue weighted by atomic mass is 35.6. The van der Waals surface area contributed by atoms with E-state index in [0.717, 1.165) is 17.3 Å². The van der Waals surface area contributed by atoms with Gasteiger partial charge in [0.15, 0.2) is 0 Å². The SMILES string of the molecule is O=C(SCc1ccc(Cl)cc1)C(Cl)(Cl)Cl. The number of carbonyl (C=O) groups is 1. The van der Waals surface area contributed by atoms with E-state index in [1.54, 1.807) is 12.1 Å². The van der Waals surface area contributed by atoms with Gasteiger partial charge in [-0.15, -0.1) is 0 Å². The molecule has 0 saturated heterocycles. The number of benzene rings is 1. The van der Waals surface area contributed by atoms with Gasteiger partial charge in [-0.25, -0.2) is 0 Å². The Bertz CT molecular complexity index is 344. The summed E-state index contributed by atoms with van der Waals surface area (Å²) in [6.45, 7) is 0. The predicted molar refractivity (Wildman–Crippen MR) is 68.0 cm³/mol. The van der Waals surface area contributed by atoms with Crippen molar-refractivity contribution in [2.45, 2.75) is 9.55 Å². The van der Waals surface area contributed by atoms with E-state index in [1.807, 2.05) is 12.1 Å². The quantitative estimate of drug-likeness (QED) is 0.750. The fourth-order valence-corrected chi connectivity index (χ4v) is 2.08. The van der Waals surface area contributed by atoms with E-state index in [9.17, 15) is 4.79 Å². The van der Waals surface area contributed by atoms with Crippen LogP contribution in [0.4, 0.5) is 0 Å². The molecular formula is C9H6Cl4OS. The van der Waals surface area contributed by atoms with Crippen LogP contribution < -0.4 is 0 Å². The minimum absolute atomic E-state index is 0.462. The molecule has 0 aliphatic heterocycles. The molecule has 1 aromatic carbocycles. The fourth-order valence-electron chi connectivity index (χ4n) is 0.811. The van der Waals surface area contributed by atoms with E-state index in [4.69, 9.17) is 46.4 Å².